The van der Waals surface area contributed by atoms with Gasteiger partial charge in [0.05, 0.1) is 0 Å². The summed E-state index contributed by atoms with van der Waals surface area (Å²) in [4.78, 5) is 2.32. The molecule has 0 saturated carbocycles. The molecule has 1 N–H and O–H groups in total. The predicted molar refractivity (Wildman–Crippen MR) is 91.1 cm³/mol. The molecule has 3 heteroatoms. The van der Waals surface area contributed by atoms with Crippen LogP contribution in [0.3, 0.4) is 0 Å². The zero-order valence-electron chi connectivity index (χ0n) is 13.6. The van der Waals surface area contributed by atoms with Crippen molar-refractivity contribution in [2.24, 2.45) is 0 Å². The first-order chi connectivity index (χ1) is 11.2. The average molecular weight is 310 g/mol. The Morgan fingerprint density at radius 2 is 2.00 bits per heavy atom. The minimum Gasteiger partial charge on any atom is -0.300 e. The van der Waals surface area contributed by atoms with E-state index in [1.807, 2.05) is 6.07 Å². The molecule has 2 aliphatic rings. The summed E-state index contributed by atoms with van der Waals surface area (Å²) in [5, 5.41) is 3.59. The van der Waals surface area contributed by atoms with Crippen LogP contribution < -0.4 is 5.32 Å². The number of hydrogen-bond donors (Lipinski definition) is 1. The van der Waals surface area contributed by atoms with Crippen molar-refractivity contribution in [3.05, 3.63) is 70.5 Å². The van der Waals surface area contributed by atoms with Crippen LogP contribution in [-0.4, -0.2) is 31.2 Å². The van der Waals surface area contributed by atoms with Gasteiger partial charge in [-0.25, -0.2) is 4.39 Å². The standard InChI is InChI=1S/C20H23FN2/c1-23-12-19(22-13-23)11-17-9-16-10-18(21)7-6-14(16)8-15-4-2-3-5-20(15)17/h2-7,10,17,19,22H,8-9,11-13H2,1H3/t17-,19?/m1/s1. The third-order valence-corrected chi connectivity index (χ3v) is 5.26. The normalized spacial score (nSPS) is 24.1. The Kier molecular flexibility index (Phi) is 3.92. The summed E-state index contributed by atoms with van der Waals surface area (Å²) in [6.07, 6.45) is 2.96. The average Bonchev–Trinajstić information content (AvgIpc) is 2.87. The number of hydrogen-bond acceptors (Lipinski definition) is 2. The molecule has 4 rings (SSSR count). The number of likely N-dealkylation sites (N-methyl/N-ethyl adjacent to an activating group) is 1. The summed E-state index contributed by atoms with van der Waals surface area (Å²) in [6.45, 7) is 2.05. The van der Waals surface area contributed by atoms with Crippen LogP contribution >= 0.6 is 0 Å². The number of halogens is 1. The lowest BCUT2D eigenvalue weighted by molar-refractivity contribution is 0.400. The highest BCUT2D eigenvalue weighted by Gasteiger charge is 2.27. The topological polar surface area (TPSA) is 15.3 Å². The van der Waals surface area contributed by atoms with Crippen molar-refractivity contribution >= 4 is 0 Å². The number of fused-ring (bicyclic) bond motifs is 2. The SMILES string of the molecule is CN1CNC(C[C@H]2Cc3cc(F)ccc3Cc3ccccc32)C1. The Morgan fingerprint density at radius 1 is 1.13 bits per heavy atom. The van der Waals surface area contributed by atoms with Gasteiger partial charge in [0.25, 0.3) is 0 Å². The molecular weight excluding hydrogens is 287 g/mol. The quantitative estimate of drug-likeness (QED) is 0.915. The molecular formula is C20H23FN2. The summed E-state index contributed by atoms with van der Waals surface area (Å²) in [5.74, 6) is 0.338. The summed E-state index contributed by atoms with van der Waals surface area (Å²) in [6, 6.07) is 14.6. The maximum atomic E-state index is 13.7. The summed E-state index contributed by atoms with van der Waals surface area (Å²) < 4.78 is 13.7. The van der Waals surface area contributed by atoms with Crippen LogP contribution in [0.1, 0.15) is 34.6 Å². The Bertz CT molecular complexity index is 713. The van der Waals surface area contributed by atoms with Crippen molar-refractivity contribution < 1.29 is 4.39 Å². The maximum Gasteiger partial charge on any atom is 0.123 e. The third-order valence-electron chi connectivity index (χ3n) is 5.26. The van der Waals surface area contributed by atoms with Gasteiger partial charge in [-0.1, -0.05) is 30.3 Å². The molecule has 23 heavy (non-hydrogen) atoms. The maximum absolute atomic E-state index is 13.7. The van der Waals surface area contributed by atoms with Crippen molar-refractivity contribution in [3.63, 3.8) is 0 Å². The fourth-order valence-corrected chi connectivity index (χ4v) is 4.13. The lowest BCUT2D eigenvalue weighted by Gasteiger charge is -2.22. The van der Waals surface area contributed by atoms with E-state index < -0.39 is 0 Å². The molecule has 1 saturated heterocycles. The molecule has 1 fully saturated rings. The lowest BCUT2D eigenvalue weighted by Crippen LogP contribution is -2.26. The Labute approximate surface area is 137 Å². The molecule has 2 aromatic carbocycles. The highest BCUT2D eigenvalue weighted by molar-refractivity contribution is 5.42. The van der Waals surface area contributed by atoms with Crippen LogP contribution in [0.25, 0.3) is 0 Å². The first kappa shape index (κ1) is 14.9. The molecule has 1 heterocycles. The van der Waals surface area contributed by atoms with E-state index in [4.69, 9.17) is 0 Å². The van der Waals surface area contributed by atoms with Gasteiger partial charge in [0.15, 0.2) is 0 Å². The smallest absolute Gasteiger partial charge is 0.123 e. The first-order valence-corrected chi connectivity index (χ1v) is 8.46. The van der Waals surface area contributed by atoms with Crippen LogP contribution in [0.2, 0.25) is 0 Å². The van der Waals surface area contributed by atoms with E-state index in [0.717, 1.165) is 32.5 Å². The van der Waals surface area contributed by atoms with E-state index in [1.54, 1.807) is 12.1 Å². The number of rotatable bonds is 2. The minimum atomic E-state index is -0.118. The van der Waals surface area contributed by atoms with Gasteiger partial charge < -0.3 is 5.32 Å². The highest BCUT2D eigenvalue weighted by Crippen LogP contribution is 2.35. The molecule has 0 amide bonds. The number of nitrogens with one attached hydrogen (secondary N) is 1. The van der Waals surface area contributed by atoms with Gasteiger partial charge in [-0.05, 0) is 66.6 Å². The van der Waals surface area contributed by atoms with Gasteiger partial charge in [0.2, 0.25) is 0 Å². The molecule has 1 unspecified atom stereocenters. The fraction of sp³-hybridized carbons (Fsp3) is 0.400. The number of nitrogens with zero attached hydrogens (tertiary/aromatic N) is 1. The Balaban J connectivity index is 1.69. The van der Waals surface area contributed by atoms with Crippen LogP contribution in [0, 0.1) is 5.82 Å². The summed E-state index contributed by atoms with van der Waals surface area (Å²) >= 11 is 0. The molecule has 0 spiro atoms. The monoisotopic (exact) mass is 310 g/mol. The van der Waals surface area contributed by atoms with Crippen molar-refractivity contribution in [2.75, 3.05) is 20.3 Å². The van der Waals surface area contributed by atoms with Crippen molar-refractivity contribution in [1.29, 1.82) is 0 Å². The van der Waals surface area contributed by atoms with E-state index >= 15 is 0 Å². The molecule has 0 aromatic heterocycles. The largest absolute Gasteiger partial charge is 0.300 e. The van der Waals surface area contributed by atoms with Gasteiger partial charge in [0, 0.05) is 19.3 Å². The van der Waals surface area contributed by atoms with E-state index in [9.17, 15) is 4.39 Å². The van der Waals surface area contributed by atoms with Gasteiger partial charge in [-0.2, -0.15) is 0 Å². The second kappa shape index (κ2) is 6.06. The second-order valence-corrected chi connectivity index (χ2v) is 7.02. The minimum absolute atomic E-state index is 0.118. The van der Waals surface area contributed by atoms with E-state index in [-0.39, 0.29) is 5.82 Å². The number of benzene rings is 2. The molecule has 1 aliphatic heterocycles. The van der Waals surface area contributed by atoms with Crippen molar-refractivity contribution in [3.8, 4) is 0 Å². The van der Waals surface area contributed by atoms with E-state index in [2.05, 4.69) is 41.5 Å². The lowest BCUT2D eigenvalue weighted by atomic mass is 9.86. The summed E-state index contributed by atoms with van der Waals surface area (Å²) in [5.41, 5.74) is 5.30. The zero-order chi connectivity index (χ0) is 15.8. The molecule has 120 valence electrons. The second-order valence-electron chi connectivity index (χ2n) is 7.02. The van der Waals surface area contributed by atoms with Crippen LogP contribution in [0.15, 0.2) is 42.5 Å². The first-order valence-electron chi connectivity index (χ1n) is 8.46. The molecule has 2 aromatic rings. The third kappa shape index (κ3) is 3.04. The van der Waals surface area contributed by atoms with Gasteiger partial charge in [-0.3, -0.25) is 4.90 Å². The zero-order valence-corrected chi connectivity index (χ0v) is 13.6. The van der Waals surface area contributed by atoms with Crippen LogP contribution in [0.5, 0.6) is 0 Å². The van der Waals surface area contributed by atoms with E-state index in [0.29, 0.717) is 12.0 Å². The van der Waals surface area contributed by atoms with Crippen LogP contribution in [0.4, 0.5) is 4.39 Å². The predicted octanol–water partition coefficient (Wildman–Crippen LogP) is 3.31. The molecule has 2 atom stereocenters. The Hall–Kier alpha value is -1.71. The highest BCUT2D eigenvalue weighted by atomic mass is 19.1. The Morgan fingerprint density at radius 3 is 2.83 bits per heavy atom. The fourth-order valence-electron chi connectivity index (χ4n) is 4.13. The summed E-state index contributed by atoms with van der Waals surface area (Å²) in [7, 11) is 2.15. The van der Waals surface area contributed by atoms with Crippen molar-refractivity contribution in [2.45, 2.75) is 31.2 Å². The van der Waals surface area contributed by atoms with Gasteiger partial charge in [0.1, 0.15) is 5.82 Å². The van der Waals surface area contributed by atoms with Crippen LogP contribution in [-0.2, 0) is 12.8 Å². The van der Waals surface area contributed by atoms with Gasteiger partial charge >= 0.3 is 0 Å². The van der Waals surface area contributed by atoms with Gasteiger partial charge in [-0.15, -0.1) is 0 Å². The van der Waals surface area contributed by atoms with E-state index in [1.165, 1.54) is 22.3 Å². The molecule has 0 radical (unpaired) electrons. The molecule has 2 nitrogen and oxygen atoms in total. The molecule has 0 bridgehead atoms. The molecule has 1 aliphatic carbocycles. The van der Waals surface area contributed by atoms with Crippen molar-refractivity contribution in [1.82, 2.24) is 10.2 Å².